The van der Waals surface area contributed by atoms with Crippen LogP contribution in [0.2, 0.25) is 0 Å². The highest BCUT2D eigenvalue weighted by atomic mass is 32.2. The monoisotopic (exact) mass is 362 g/mol. The molecule has 132 valence electrons. The fraction of sp³-hybridized carbons (Fsp3) is 0.333. The summed E-state index contributed by atoms with van der Waals surface area (Å²) in [5.41, 5.74) is 2.79. The molecule has 0 bridgehead atoms. The molecule has 1 aliphatic rings. The van der Waals surface area contributed by atoms with E-state index in [0.29, 0.717) is 12.0 Å². The van der Waals surface area contributed by atoms with E-state index in [4.69, 9.17) is 0 Å². The van der Waals surface area contributed by atoms with E-state index in [9.17, 15) is 17.6 Å². The molecule has 1 saturated heterocycles. The summed E-state index contributed by atoms with van der Waals surface area (Å²) in [5, 5.41) is 4.46. The van der Waals surface area contributed by atoms with Gasteiger partial charge in [0.2, 0.25) is 0 Å². The quantitative estimate of drug-likeness (QED) is 0.619. The molecule has 1 aromatic heterocycles. The van der Waals surface area contributed by atoms with E-state index in [-0.39, 0.29) is 29.1 Å². The molecule has 0 saturated carbocycles. The maximum atomic E-state index is 12.9. The van der Waals surface area contributed by atoms with Crippen LogP contribution in [0.5, 0.6) is 0 Å². The molecule has 7 heteroatoms. The molecule has 1 fully saturated rings. The van der Waals surface area contributed by atoms with Crippen LogP contribution in [0.1, 0.15) is 39.8 Å². The van der Waals surface area contributed by atoms with Gasteiger partial charge in [-0.15, -0.1) is 0 Å². The smallest absolute Gasteiger partial charge is 0.185 e. The number of ketones is 1. The number of halogens is 1. The van der Waals surface area contributed by atoms with Crippen molar-refractivity contribution in [3.8, 4) is 0 Å². The minimum absolute atomic E-state index is 0.104. The fourth-order valence-electron chi connectivity index (χ4n) is 3.11. The summed E-state index contributed by atoms with van der Waals surface area (Å²) in [6, 6.07) is 5.22. The van der Waals surface area contributed by atoms with Gasteiger partial charge in [-0.25, -0.2) is 12.8 Å². The summed E-state index contributed by atoms with van der Waals surface area (Å²) < 4.78 is 38.1. The lowest BCUT2D eigenvalue weighted by Gasteiger charge is -2.10. The van der Waals surface area contributed by atoms with Crippen LogP contribution in [0.15, 0.2) is 30.3 Å². The molecule has 0 spiro atoms. The van der Waals surface area contributed by atoms with Crippen molar-refractivity contribution in [1.82, 2.24) is 9.78 Å². The summed E-state index contributed by atoms with van der Waals surface area (Å²) in [7, 11) is -2.99. The van der Waals surface area contributed by atoms with Gasteiger partial charge in [0.1, 0.15) is 5.82 Å². The third kappa shape index (κ3) is 3.71. The number of hydrogen-bond donors (Lipinski definition) is 0. The third-order valence-electron chi connectivity index (χ3n) is 4.47. The maximum absolute atomic E-state index is 12.9. The average Bonchev–Trinajstić information content (AvgIpc) is 3.05. The second-order valence-corrected chi connectivity index (χ2v) is 8.52. The van der Waals surface area contributed by atoms with E-state index < -0.39 is 9.84 Å². The lowest BCUT2D eigenvalue weighted by atomic mass is 10.1. The number of carbonyl (C=O) groups is 1. The van der Waals surface area contributed by atoms with Crippen molar-refractivity contribution in [2.75, 3.05) is 11.5 Å². The van der Waals surface area contributed by atoms with Crippen molar-refractivity contribution >= 4 is 21.7 Å². The van der Waals surface area contributed by atoms with Crippen LogP contribution >= 0.6 is 0 Å². The van der Waals surface area contributed by atoms with E-state index in [1.807, 2.05) is 13.8 Å². The molecule has 0 N–H and O–H groups in total. The van der Waals surface area contributed by atoms with E-state index in [0.717, 1.165) is 17.0 Å². The molecule has 1 aromatic carbocycles. The summed E-state index contributed by atoms with van der Waals surface area (Å²) >= 11 is 0. The SMILES string of the molecule is Cc1nn(C2CCS(=O)(=O)C2)c(C)c1/C=C/C(=O)c1ccc(F)cc1. The first kappa shape index (κ1) is 17.5. The molecular formula is C18H19FN2O3S. The molecular weight excluding hydrogens is 343 g/mol. The largest absolute Gasteiger partial charge is 0.289 e. The summed E-state index contributed by atoms with van der Waals surface area (Å²) in [5.74, 6) is -0.327. The predicted octanol–water partition coefficient (Wildman–Crippen LogP) is 2.89. The van der Waals surface area contributed by atoms with Gasteiger partial charge in [-0.2, -0.15) is 5.10 Å². The Morgan fingerprint density at radius 2 is 1.96 bits per heavy atom. The molecule has 0 amide bonds. The number of carbonyl (C=O) groups excluding carboxylic acids is 1. The second-order valence-electron chi connectivity index (χ2n) is 6.29. The Balaban J connectivity index is 1.83. The number of hydrogen-bond acceptors (Lipinski definition) is 4. The number of allylic oxidation sites excluding steroid dienone is 1. The molecule has 2 heterocycles. The summed E-state index contributed by atoms with van der Waals surface area (Å²) in [4.78, 5) is 12.2. The lowest BCUT2D eigenvalue weighted by Crippen LogP contribution is -2.13. The Kier molecular flexibility index (Phi) is 4.60. The zero-order chi connectivity index (χ0) is 18.2. The second kappa shape index (κ2) is 6.55. The highest BCUT2D eigenvalue weighted by molar-refractivity contribution is 7.91. The fourth-order valence-corrected chi connectivity index (χ4v) is 4.80. The van der Waals surface area contributed by atoms with E-state index in [1.54, 1.807) is 10.8 Å². The minimum atomic E-state index is -2.99. The first-order valence-electron chi connectivity index (χ1n) is 8.01. The number of rotatable bonds is 4. The van der Waals surface area contributed by atoms with Crippen LogP contribution in [0.4, 0.5) is 4.39 Å². The van der Waals surface area contributed by atoms with Crippen LogP contribution in [0.3, 0.4) is 0 Å². The van der Waals surface area contributed by atoms with Crippen molar-refractivity contribution in [2.45, 2.75) is 26.3 Å². The van der Waals surface area contributed by atoms with E-state index >= 15 is 0 Å². The Morgan fingerprint density at radius 1 is 1.28 bits per heavy atom. The van der Waals surface area contributed by atoms with Gasteiger partial charge in [-0.05, 0) is 56.7 Å². The Hall–Kier alpha value is -2.28. The first-order valence-corrected chi connectivity index (χ1v) is 9.83. The van der Waals surface area contributed by atoms with Crippen molar-refractivity contribution in [2.24, 2.45) is 0 Å². The van der Waals surface area contributed by atoms with E-state index in [1.165, 1.54) is 30.3 Å². The van der Waals surface area contributed by atoms with Crippen LogP contribution < -0.4 is 0 Å². The lowest BCUT2D eigenvalue weighted by molar-refractivity contribution is 0.104. The Bertz CT molecular complexity index is 943. The van der Waals surface area contributed by atoms with Crippen LogP contribution in [-0.4, -0.2) is 35.5 Å². The number of aromatic nitrogens is 2. The molecule has 1 atom stereocenters. The number of aryl methyl sites for hydroxylation is 1. The standard InChI is InChI=1S/C18H19FN2O3S/c1-12-17(7-8-18(22)14-3-5-15(19)6-4-14)13(2)21(20-12)16-9-10-25(23,24)11-16/h3-8,16H,9-11H2,1-2H3/b8-7+. The summed E-state index contributed by atoms with van der Waals surface area (Å²) in [6.45, 7) is 3.70. The first-order chi connectivity index (χ1) is 11.8. The normalized spacial score (nSPS) is 19.6. The van der Waals surface area contributed by atoms with E-state index in [2.05, 4.69) is 5.10 Å². The molecule has 1 unspecified atom stereocenters. The van der Waals surface area contributed by atoms with Crippen molar-refractivity contribution < 1.29 is 17.6 Å². The van der Waals surface area contributed by atoms with Crippen LogP contribution in [0, 0.1) is 19.7 Å². The summed E-state index contributed by atoms with van der Waals surface area (Å²) in [6.07, 6.45) is 3.67. The zero-order valence-corrected chi connectivity index (χ0v) is 14.9. The zero-order valence-electron chi connectivity index (χ0n) is 14.1. The maximum Gasteiger partial charge on any atom is 0.185 e. The van der Waals surface area contributed by atoms with Gasteiger partial charge in [0.15, 0.2) is 15.6 Å². The van der Waals surface area contributed by atoms with Gasteiger partial charge in [-0.1, -0.05) is 0 Å². The van der Waals surface area contributed by atoms with Crippen molar-refractivity contribution in [3.05, 3.63) is 58.7 Å². The molecule has 5 nitrogen and oxygen atoms in total. The molecule has 1 aliphatic heterocycles. The van der Waals surface area contributed by atoms with Crippen molar-refractivity contribution in [1.29, 1.82) is 0 Å². The average molecular weight is 362 g/mol. The van der Waals surface area contributed by atoms with Crippen LogP contribution in [-0.2, 0) is 9.84 Å². The number of sulfone groups is 1. The van der Waals surface area contributed by atoms with Crippen molar-refractivity contribution in [3.63, 3.8) is 0 Å². The van der Waals surface area contributed by atoms with Gasteiger partial charge >= 0.3 is 0 Å². The Morgan fingerprint density at radius 3 is 2.56 bits per heavy atom. The minimum Gasteiger partial charge on any atom is -0.289 e. The van der Waals surface area contributed by atoms with Gasteiger partial charge in [0.05, 0.1) is 23.2 Å². The topological polar surface area (TPSA) is 69.0 Å². The molecule has 2 aromatic rings. The highest BCUT2D eigenvalue weighted by Crippen LogP contribution is 2.27. The van der Waals surface area contributed by atoms with Gasteiger partial charge < -0.3 is 0 Å². The molecule has 3 rings (SSSR count). The third-order valence-corrected chi connectivity index (χ3v) is 6.22. The Labute approximate surface area is 146 Å². The van der Waals surface area contributed by atoms with Gasteiger partial charge in [-0.3, -0.25) is 9.48 Å². The number of benzene rings is 1. The molecule has 25 heavy (non-hydrogen) atoms. The van der Waals surface area contributed by atoms with Gasteiger partial charge in [0.25, 0.3) is 0 Å². The van der Waals surface area contributed by atoms with Crippen LogP contribution in [0.25, 0.3) is 6.08 Å². The van der Waals surface area contributed by atoms with Gasteiger partial charge in [0, 0.05) is 16.8 Å². The highest BCUT2D eigenvalue weighted by Gasteiger charge is 2.31. The molecule has 0 radical (unpaired) electrons. The number of nitrogens with zero attached hydrogens (tertiary/aromatic N) is 2. The predicted molar refractivity (Wildman–Crippen MR) is 93.8 cm³/mol. The molecule has 0 aliphatic carbocycles.